The molecule has 1 heterocycles. The molecule has 0 aliphatic carbocycles. The number of hydrogen-bond acceptors (Lipinski definition) is 4. The number of anilines is 2. The molecular formula is C27H33N3O2. The van der Waals surface area contributed by atoms with Gasteiger partial charge in [-0.2, -0.15) is 5.26 Å². The SMILES string of the molecule is CCOc1ccc(NC(=O)/C(C#N)=C/c2cc3c(cc2C)N(CC)C(C)(C)CC3C)cc1. The number of amides is 1. The van der Waals surface area contributed by atoms with Gasteiger partial charge in [-0.05, 0) is 106 Å². The van der Waals surface area contributed by atoms with Crippen molar-refractivity contribution in [1.82, 2.24) is 0 Å². The molecule has 1 atom stereocenters. The number of carbonyl (C=O) groups excluding carboxylic acids is 1. The molecule has 2 aromatic carbocycles. The van der Waals surface area contributed by atoms with E-state index in [2.05, 4.69) is 56.1 Å². The number of carbonyl (C=O) groups is 1. The average Bonchev–Trinajstić information content (AvgIpc) is 2.73. The first kappa shape index (κ1) is 23.4. The number of aryl methyl sites for hydroxylation is 1. The van der Waals surface area contributed by atoms with Crippen LogP contribution >= 0.6 is 0 Å². The third-order valence-electron chi connectivity index (χ3n) is 6.18. The molecule has 2 aromatic rings. The van der Waals surface area contributed by atoms with Crippen LogP contribution in [0.2, 0.25) is 0 Å². The fraction of sp³-hybridized carbons (Fsp3) is 0.407. The Hall–Kier alpha value is -3.26. The highest BCUT2D eigenvalue weighted by atomic mass is 16.5. The molecule has 1 aliphatic heterocycles. The van der Waals surface area contributed by atoms with Gasteiger partial charge in [-0.25, -0.2) is 0 Å². The first-order valence-corrected chi connectivity index (χ1v) is 11.3. The van der Waals surface area contributed by atoms with Crippen molar-refractivity contribution in [3.8, 4) is 11.8 Å². The van der Waals surface area contributed by atoms with Crippen molar-refractivity contribution in [2.24, 2.45) is 0 Å². The molecule has 0 fully saturated rings. The zero-order valence-corrected chi connectivity index (χ0v) is 20.0. The number of nitrogens with zero attached hydrogens (tertiary/aromatic N) is 2. The lowest BCUT2D eigenvalue weighted by molar-refractivity contribution is -0.112. The van der Waals surface area contributed by atoms with Crippen molar-refractivity contribution in [2.75, 3.05) is 23.4 Å². The normalized spacial score (nSPS) is 17.3. The van der Waals surface area contributed by atoms with Crippen LogP contribution in [0.5, 0.6) is 5.75 Å². The van der Waals surface area contributed by atoms with E-state index in [0.717, 1.165) is 29.8 Å². The summed E-state index contributed by atoms with van der Waals surface area (Å²) in [6.45, 7) is 14.5. The van der Waals surface area contributed by atoms with Crippen LogP contribution in [0.1, 0.15) is 63.6 Å². The third kappa shape index (κ3) is 4.80. The molecule has 32 heavy (non-hydrogen) atoms. The zero-order chi connectivity index (χ0) is 23.5. The smallest absolute Gasteiger partial charge is 0.266 e. The van der Waals surface area contributed by atoms with Crippen molar-refractivity contribution in [1.29, 1.82) is 5.26 Å². The van der Waals surface area contributed by atoms with Crippen LogP contribution in [-0.2, 0) is 4.79 Å². The third-order valence-corrected chi connectivity index (χ3v) is 6.18. The molecule has 0 spiro atoms. The molecule has 0 bridgehead atoms. The van der Waals surface area contributed by atoms with Gasteiger partial charge in [0.25, 0.3) is 5.91 Å². The largest absolute Gasteiger partial charge is 0.494 e. The minimum atomic E-state index is -0.418. The van der Waals surface area contributed by atoms with E-state index in [1.165, 1.54) is 11.3 Å². The van der Waals surface area contributed by atoms with Crippen molar-refractivity contribution >= 4 is 23.4 Å². The first-order valence-electron chi connectivity index (χ1n) is 11.3. The molecule has 5 heteroatoms. The van der Waals surface area contributed by atoms with Crippen molar-refractivity contribution in [2.45, 2.75) is 59.4 Å². The van der Waals surface area contributed by atoms with Gasteiger partial charge in [-0.15, -0.1) is 0 Å². The van der Waals surface area contributed by atoms with Crippen LogP contribution in [-0.4, -0.2) is 24.6 Å². The second-order valence-electron chi connectivity index (χ2n) is 9.01. The van der Waals surface area contributed by atoms with Gasteiger partial charge < -0.3 is 15.0 Å². The van der Waals surface area contributed by atoms with Gasteiger partial charge in [0.2, 0.25) is 0 Å². The van der Waals surface area contributed by atoms with Crippen LogP contribution in [0.4, 0.5) is 11.4 Å². The van der Waals surface area contributed by atoms with E-state index in [4.69, 9.17) is 4.74 Å². The van der Waals surface area contributed by atoms with E-state index in [9.17, 15) is 10.1 Å². The van der Waals surface area contributed by atoms with Gasteiger partial charge in [0, 0.05) is 23.5 Å². The summed E-state index contributed by atoms with van der Waals surface area (Å²) in [6, 6.07) is 13.5. The molecule has 0 radical (unpaired) electrons. The summed E-state index contributed by atoms with van der Waals surface area (Å²) >= 11 is 0. The Morgan fingerprint density at radius 1 is 1.28 bits per heavy atom. The lowest BCUT2D eigenvalue weighted by Gasteiger charge is -2.47. The lowest BCUT2D eigenvalue weighted by Crippen LogP contribution is -2.48. The molecule has 0 saturated heterocycles. The van der Waals surface area contributed by atoms with Gasteiger partial charge in [-0.1, -0.05) is 6.92 Å². The van der Waals surface area contributed by atoms with Crippen LogP contribution < -0.4 is 15.0 Å². The summed E-state index contributed by atoms with van der Waals surface area (Å²) in [5, 5.41) is 12.5. The summed E-state index contributed by atoms with van der Waals surface area (Å²) in [4.78, 5) is 15.2. The molecule has 0 saturated carbocycles. The van der Waals surface area contributed by atoms with Crippen molar-refractivity contribution < 1.29 is 9.53 Å². The average molecular weight is 432 g/mol. The highest BCUT2D eigenvalue weighted by Gasteiger charge is 2.35. The second-order valence-corrected chi connectivity index (χ2v) is 9.01. The zero-order valence-electron chi connectivity index (χ0n) is 20.0. The summed E-state index contributed by atoms with van der Waals surface area (Å²) in [5.74, 6) is 0.724. The predicted octanol–water partition coefficient (Wildman–Crippen LogP) is 6.05. The Kier molecular flexibility index (Phi) is 6.93. The standard InChI is InChI=1S/C27H33N3O2/c1-7-30-25-13-18(3)20(15-24(25)19(4)16-27(30,5)6)14-21(17-28)26(31)29-22-9-11-23(12-10-22)32-8-2/h9-15,19H,7-8,16H2,1-6H3,(H,29,31)/b21-14+. The summed E-state index contributed by atoms with van der Waals surface area (Å²) in [5.41, 5.74) is 5.28. The first-order chi connectivity index (χ1) is 15.2. The van der Waals surface area contributed by atoms with Crippen LogP contribution in [0.3, 0.4) is 0 Å². The van der Waals surface area contributed by atoms with Gasteiger partial charge in [0.15, 0.2) is 0 Å². The molecule has 1 aliphatic rings. The maximum atomic E-state index is 12.8. The quantitative estimate of drug-likeness (QED) is 0.446. The number of ether oxygens (including phenoxy) is 1. The number of fused-ring (bicyclic) bond motifs is 1. The summed E-state index contributed by atoms with van der Waals surface area (Å²) in [7, 11) is 0. The summed E-state index contributed by atoms with van der Waals surface area (Å²) < 4.78 is 5.43. The second kappa shape index (κ2) is 9.48. The Balaban J connectivity index is 1.90. The molecule has 5 nitrogen and oxygen atoms in total. The minimum Gasteiger partial charge on any atom is -0.494 e. The van der Waals surface area contributed by atoms with E-state index in [-0.39, 0.29) is 11.1 Å². The van der Waals surface area contributed by atoms with Crippen molar-refractivity contribution in [3.63, 3.8) is 0 Å². The van der Waals surface area contributed by atoms with E-state index in [1.807, 2.05) is 13.8 Å². The number of nitrogens with one attached hydrogen (secondary N) is 1. The number of benzene rings is 2. The molecule has 168 valence electrons. The number of rotatable bonds is 6. The monoisotopic (exact) mass is 431 g/mol. The van der Waals surface area contributed by atoms with Gasteiger partial charge in [0.1, 0.15) is 17.4 Å². The molecule has 1 N–H and O–H groups in total. The highest BCUT2D eigenvalue weighted by Crippen LogP contribution is 2.44. The highest BCUT2D eigenvalue weighted by molar-refractivity contribution is 6.09. The van der Waals surface area contributed by atoms with Gasteiger partial charge in [0.05, 0.1) is 6.61 Å². The van der Waals surface area contributed by atoms with Crippen LogP contribution in [0.25, 0.3) is 6.08 Å². The van der Waals surface area contributed by atoms with E-state index in [0.29, 0.717) is 18.2 Å². The Morgan fingerprint density at radius 3 is 2.56 bits per heavy atom. The van der Waals surface area contributed by atoms with Crippen LogP contribution in [0, 0.1) is 18.3 Å². The Labute approximate surface area is 191 Å². The lowest BCUT2D eigenvalue weighted by atomic mass is 9.79. The molecule has 1 amide bonds. The summed E-state index contributed by atoms with van der Waals surface area (Å²) in [6.07, 6.45) is 2.76. The Bertz CT molecular complexity index is 1060. The fourth-order valence-electron chi connectivity index (χ4n) is 4.71. The minimum absolute atomic E-state index is 0.0816. The maximum Gasteiger partial charge on any atom is 0.266 e. The van der Waals surface area contributed by atoms with E-state index >= 15 is 0 Å². The molecular weight excluding hydrogens is 398 g/mol. The molecule has 3 rings (SSSR count). The van der Waals surface area contributed by atoms with Gasteiger partial charge in [-0.3, -0.25) is 4.79 Å². The van der Waals surface area contributed by atoms with Gasteiger partial charge >= 0.3 is 0 Å². The van der Waals surface area contributed by atoms with E-state index < -0.39 is 5.91 Å². The number of nitriles is 1. The Morgan fingerprint density at radius 2 is 1.97 bits per heavy atom. The predicted molar refractivity (Wildman–Crippen MR) is 131 cm³/mol. The number of hydrogen-bond donors (Lipinski definition) is 1. The van der Waals surface area contributed by atoms with Crippen molar-refractivity contribution in [3.05, 3.63) is 58.7 Å². The topological polar surface area (TPSA) is 65.4 Å². The van der Waals surface area contributed by atoms with Crippen LogP contribution in [0.15, 0.2) is 42.0 Å². The molecule has 1 unspecified atom stereocenters. The molecule has 0 aromatic heterocycles. The maximum absolute atomic E-state index is 12.8. The van der Waals surface area contributed by atoms with E-state index in [1.54, 1.807) is 30.3 Å². The fourth-order valence-corrected chi connectivity index (χ4v) is 4.71.